The predicted molar refractivity (Wildman–Crippen MR) is 95.3 cm³/mol. The maximum absolute atomic E-state index is 13.1. The van der Waals surface area contributed by atoms with Gasteiger partial charge in [0.2, 0.25) is 5.91 Å². The van der Waals surface area contributed by atoms with Crippen molar-refractivity contribution in [2.45, 2.75) is 31.5 Å². The number of non-ortho nitro benzene ring substituents is 1. The maximum Gasteiger partial charge on any atom is 0.269 e. The van der Waals surface area contributed by atoms with Crippen LogP contribution < -0.4 is 0 Å². The number of fused-ring (bicyclic) bond motifs is 1. The van der Waals surface area contributed by atoms with Gasteiger partial charge in [0.15, 0.2) is 5.72 Å². The molecule has 3 atom stereocenters. The minimum atomic E-state index is -0.729. The summed E-state index contributed by atoms with van der Waals surface area (Å²) in [5.74, 6) is -0.0226. The van der Waals surface area contributed by atoms with Crippen LogP contribution in [0.1, 0.15) is 24.5 Å². The molecule has 6 heteroatoms. The van der Waals surface area contributed by atoms with E-state index in [0.717, 1.165) is 17.5 Å². The Morgan fingerprint density at radius 1 is 1.19 bits per heavy atom. The number of nitro groups is 1. The largest absolute Gasteiger partial charge is 0.349 e. The number of carbonyl (C=O) groups is 1. The summed E-state index contributed by atoms with van der Waals surface area (Å²) in [5, 5.41) is 10.8. The summed E-state index contributed by atoms with van der Waals surface area (Å²) in [4.78, 5) is 25.3. The van der Waals surface area contributed by atoms with Crippen LogP contribution in [0.3, 0.4) is 0 Å². The van der Waals surface area contributed by atoms with Crippen molar-refractivity contribution in [1.29, 1.82) is 0 Å². The predicted octanol–water partition coefficient (Wildman–Crippen LogP) is 3.26. The Labute approximate surface area is 151 Å². The van der Waals surface area contributed by atoms with Gasteiger partial charge < -0.3 is 9.64 Å². The second-order valence-electron chi connectivity index (χ2n) is 7.08. The molecule has 2 aromatic rings. The van der Waals surface area contributed by atoms with Crippen LogP contribution in [0.2, 0.25) is 0 Å². The average molecular weight is 352 g/mol. The first-order valence-electron chi connectivity index (χ1n) is 8.75. The Bertz CT molecular complexity index is 837. The third kappa shape index (κ3) is 2.66. The Hall–Kier alpha value is -2.73. The lowest BCUT2D eigenvalue weighted by Gasteiger charge is -2.34. The van der Waals surface area contributed by atoms with Crippen molar-refractivity contribution in [2.24, 2.45) is 5.92 Å². The smallest absolute Gasteiger partial charge is 0.269 e. The molecule has 0 radical (unpaired) electrons. The van der Waals surface area contributed by atoms with Crippen LogP contribution in [0.5, 0.6) is 0 Å². The molecular weight excluding hydrogens is 332 g/mol. The second kappa shape index (κ2) is 6.21. The van der Waals surface area contributed by atoms with Gasteiger partial charge in [0.25, 0.3) is 5.69 Å². The van der Waals surface area contributed by atoms with Gasteiger partial charge in [-0.05, 0) is 25.3 Å². The van der Waals surface area contributed by atoms with E-state index in [1.165, 1.54) is 12.1 Å². The fourth-order valence-electron chi connectivity index (χ4n) is 4.12. The first kappa shape index (κ1) is 16.7. The third-order valence-corrected chi connectivity index (χ3v) is 5.46. The Morgan fingerprint density at radius 3 is 2.54 bits per heavy atom. The molecule has 4 rings (SSSR count). The number of hydrogen-bond acceptors (Lipinski definition) is 4. The zero-order valence-corrected chi connectivity index (χ0v) is 14.5. The molecule has 0 aliphatic carbocycles. The fourth-order valence-corrected chi connectivity index (χ4v) is 4.12. The van der Waals surface area contributed by atoms with E-state index in [1.54, 1.807) is 12.1 Å². The van der Waals surface area contributed by atoms with Gasteiger partial charge in [0.05, 0.1) is 17.6 Å². The molecule has 0 saturated carbocycles. The van der Waals surface area contributed by atoms with Crippen LogP contribution in [0.15, 0.2) is 54.6 Å². The first-order valence-corrected chi connectivity index (χ1v) is 8.75. The maximum atomic E-state index is 13.1. The Kier molecular flexibility index (Phi) is 4.00. The van der Waals surface area contributed by atoms with Crippen LogP contribution in [-0.4, -0.2) is 28.4 Å². The quantitative estimate of drug-likeness (QED) is 0.625. The molecule has 0 aromatic heterocycles. The van der Waals surface area contributed by atoms with Crippen molar-refractivity contribution in [1.82, 2.24) is 4.90 Å². The van der Waals surface area contributed by atoms with E-state index in [4.69, 9.17) is 4.74 Å². The van der Waals surface area contributed by atoms with Crippen LogP contribution in [-0.2, 0) is 21.7 Å². The van der Waals surface area contributed by atoms with Crippen LogP contribution in [0.25, 0.3) is 0 Å². The monoisotopic (exact) mass is 352 g/mol. The van der Waals surface area contributed by atoms with Gasteiger partial charge in [-0.1, -0.05) is 42.5 Å². The van der Waals surface area contributed by atoms with E-state index in [-0.39, 0.29) is 23.6 Å². The van der Waals surface area contributed by atoms with Gasteiger partial charge in [0, 0.05) is 23.6 Å². The van der Waals surface area contributed by atoms with Gasteiger partial charge >= 0.3 is 0 Å². The second-order valence-corrected chi connectivity index (χ2v) is 7.08. The molecule has 2 aromatic carbocycles. The molecule has 0 bridgehead atoms. The van der Waals surface area contributed by atoms with Crippen molar-refractivity contribution in [3.05, 3.63) is 75.8 Å². The summed E-state index contributed by atoms with van der Waals surface area (Å²) in [6, 6.07) is 16.4. The molecule has 2 heterocycles. The van der Waals surface area contributed by atoms with E-state index >= 15 is 0 Å². The zero-order valence-electron chi connectivity index (χ0n) is 14.5. The van der Waals surface area contributed by atoms with Crippen molar-refractivity contribution >= 4 is 11.6 Å². The van der Waals surface area contributed by atoms with E-state index in [2.05, 4.69) is 0 Å². The van der Waals surface area contributed by atoms with Crippen LogP contribution >= 0.6 is 0 Å². The highest BCUT2D eigenvalue weighted by atomic mass is 16.6. The molecule has 2 aliphatic rings. The van der Waals surface area contributed by atoms with E-state index < -0.39 is 10.6 Å². The SMILES string of the molecule is C[C@]1(c2ccccc2)OC[C@@H]2C[C@@H](Cc3ccc([N+](=O)[O-])cc3)C(=O)N21. The number of rotatable bonds is 4. The number of benzene rings is 2. The summed E-state index contributed by atoms with van der Waals surface area (Å²) < 4.78 is 6.03. The highest BCUT2D eigenvalue weighted by molar-refractivity contribution is 5.83. The topological polar surface area (TPSA) is 72.7 Å². The summed E-state index contributed by atoms with van der Waals surface area (Å²) in [6.45, 7) is 2.49. The van der Waals surface area contributed by atoms with Gasteiger partial charge in [-0.3, -0.25) is 14.9 Å². The molecule has 0 spiro atoms. The summed E-state index contributed by atoms with van der Waals surface area (Å²) in [6.07, 6.45) is 1.34. The highest BCUT2D eigenvalue weighted by Gasteiger charge is 2.54. The number of ether oxygens (including phenoxy) is 1. The van der Waals surface area contributed by atoms with Crippen LogP contribution in [0, 0.1) is 16.0 Å². The number of amides is 1. The van der Waals surface area contributed by atoms with Gasteiger partial charge in [-0.25, -0.2) is 0 Å². The lowest BCUT2D eigenvalue weighted by atomic mass is 9.96. The minimum absolute atomic E-state index is 0.0668. The summed E-state index contributed by atoms with van der Waals surface area (Å²) in [7, 11) is 0. The van der Waals surface area contributed by atoms with E-state index in [9.17, 15) is 14.9 Å². The molecule has 0 unspecified atom stereocenters. The lowest BCUT2D eigenvalue weighted by molar-refractivity contribution is -0.384. The standard InChI is InChI=1S/C20H20N2O4/c1-20(16-5-3-2-4-6-16)21-18(13-26-20)12-15(19(21)23)11-14-7-9-17(10-8-14)22(24)25/h2-10,15,18H,11-13H2,1H3/t15-,18+,20-/m1/s1. The molecule has 134 valence electrons. The molecule has 2 saturated heterocycles. The molecular formula is C20H20N2O4. The normalized spacial score (nSPS) is 27.6. The molecule has 26 heavy (non-hydrogen) atoms. The van der Waals surface area contributed by atoms with Crippen LogP contribution in [0.4, 0.5) is 5.69 Å². The first-order chi connectivity index (χ1) is 12.5. The summed E-state index contributed by atoms with van der Waals surface area (Å²) in [5.41, 5.74) is 1.26. The number of hydrogen-bond donors (Lipinski definition) is 0. The van der Waals surface area contributed by atoms with Gasteiger partial charge in [0.1, 0.15) is 0 Å². The van der Waals surface area contributed by atoms with Crippen molar-refractivity contribution in [3.63, 3.8) is 0 Å². The highest BCUT2D eigenvalue weighted by Crippen LogP contribution is 2.44. The number of nitrogens with zero attached hydrogens (tertiary/aromatic N) is 2. The van der Waals surface area contributed by atoms with Gasteiger partial charge in [-0.15, -0.1) is 0 Å². The van der Waals surface area contributed by atoms with Crippen molar-refractivity contribution < 1.29 is 14.5 Å². The van der Waals surface area contributed by atoms with Crippen molar-refractivity contribution in [2.75, 3.05) is 6.61 Å². The fraction of sp³-hybridized carbons (Fsp3) is 0.350. The third-order valence-electron chi connectivity index (χ3n) is 5.46. The van der Waals surface area contributed by atoms with E-state index in [1.807, 2.05) is 42.2 Å². The minimum Gasteiger partial charge on any atom is -0.349 e. The molecule has 2 fully saturated rings. The van der Waals surface area contributed by atoms with E-state index in [0.29, 0.717) is 13.0 Å². The van der Waals surface area contributed by atoms with Gasteiger partial charge in [-0.2, -0.15) is 0 Å². The number of carbonyl (C=O) groups excluding carboxylic acids is 1. The molecule has 1 amide bonds. The molecule has 6 nitrogen and oxygen atoms in total. The molecule has 0 N–H and O–H groups in total. The molecule has 2 aliphatic heterocycles. The Morgan fingerprint density at radius 2 is 1.88 bits per heavy atom. The van der Waals surface area contributed by atoms with Crippen molar-refractivity contribution in [3.8, 4) is 0 Å². The average Bonchev–Trinajstić information content (AvgIpc) is 3.15. The summed E-state index contributed by atoms with van der Waals surface area (Å²) >= 11 is 0. The number of nitro benzene ring substituents is 1. The zero-order chi connectivity index (χ0) is 18.3. The Balaban J connectivity index is 1.54. The lowest BCUT2D eigenvalue weighted by Crippen LogP contribution is -2.44.